The van der Waals surface area contributed by atoms with E-state index in [1.165, 1.54) is 6.07 Å². The number of β-amino-alcohol motifs (C(OH)–C–C–N with tert-alkyl or cyclic N) is 1. The van der Waals surface area contributed by atoms with Gasteiger partial charge >= 0.3 is 6.61 Å². The van der Waals surface area contributed by atoms with Crippen LogP contribution in [0.2, 0.25) is 0 Å². The molecule has 1 aliphatic rings. The molecule has 7 heteroatoms. The molecule has 110 valence electrons. The first-order valence-electron chi connectivity index (χ1n) is 6.23. The summed E-state index contributed by atoms with van der Waals surface area (Å²) in [6, 6.07) is 4.07. The lowest BCUT2D eigenvalue weighted by molar-refractivity contribution is -0.117. The van der Waals surface area contributed by atoms with Crippen LogP contribution in [0.4, 0.5) is 14.5 Å². The van der Waals surface area contributed by atoms with Crippen molar-refractivity contribution >= 4 is 11.6 Å². The maximum Gasteiger partial charge on any atom is 0.387 e. The van der Waals surface area contributed by atoms with Gasteiger partial charge in [0, 0.05) is 18.3 Å². The first kappa shape index (κ1) is 14.7. The van der Waals surface area contributed by atoms with Gasteiger partial charge in [-0.05, 0) is 25.0 Å². The highest BCUT2D eigenvalue weighted by molar-refractivity contribution is 5.95. The lowest BCUT2D eigenvalue weighted by atomic mass is 10.1. The molecule has 1 saturated heterocycles. The number of aryl methyl sites for hydroxylation is 1. The number of rotatable bonds is 4. The third-order valence-corrected chi connectivity index (χ3v) is 3.10. The van der Waals surface area contributed by atoms with E-state index >= 15 is 0 Å². The van der Waals surface area contributed by atoms with Gasteiger partial charge in [-0.25, -0.2) is 0 Å². The van der Waals surface area contributed by atoms with Crippen molar-refractivity contribution in [1.29, 1.82) is 0 Å². The van der Waals surface area contributed by atoms with Gasteiger partial charge in [0.1, 0.15) is 5.75 Å². The molecule has 0 aliphatic carbocycles. The largest absolute Gasteiger partial charge is 0.434 e. The Morgan fingerprint density at radius 1 is 1.55 bits per heavy atom. The predicted octanol–water partition coefficient (Wildman–Crippen LogP) is 1.26. The quantitative estimate of drug-likeness (QED) is 0.779. The van der Waals surface area contributed by atoms with E-state index in [1.54, 1.807) is 19.1 Å². The molecule has 0 radical (unpaired) electrons. The number of halogens is 2. The van der Waals surface area contributed by atoms with E-state index in [0.717, 1.165) is 0 Å². The molecule has 2 rings (SSSR count). The van der Waals surface area contributed by atoms with Gasteiger partial charge in [-0.3, -0.25) is 4.79 Å². The van der Waals surface area contributed by atoms with Crippen LogP contribution in [0.15, 0.2) is 18.2 Å². The molecule has 1 aliphatic heterocycles. The zero-order valence-corrected chi connectivity index (χ0v) is 10.9. The molecule has 0 bridgehead atoms. The number of aliphatic hydroxyl groups excluding tert-OH is 1. The van der Waals surface area contributed by atoms with Crippen LogP contribution in [0.1, 0.15) is 12.0 Å². The number of benzene rings is 1. The lowest BCUT2D eigenvalue weighted by Crippen LogP contribution is -2.35. The van der Waals surface area contributed by atoms with Crippen LogP contribution >= 0.6 is 0 Å². The van der Waals surface area contributed by atoms with Gasteiger partial charge in [0.05, 0.1) is 12.1 Å². The third kappa shape index (κ3) is 3.64. The topological polar surface area (TPSA) is 70.6 Å². The molecule has 1 fully saturated rings. The smallest absolute Gasteiger partial charge is 0.387 e. The first-order chi connectivity index (χ1) is 9.45. The van der Waals surface area contributed by atoms with E-state index in [-0.39, 0.29) is 11.7 Å². The van der Waals surface area contributed by atoms with Crippen molar-refractivity contribution in [2.45, 2.75) is 32.1 Å². The second kappa shape index (κ2) is 6.15. The van der Waals surface area contributed by atoms with Crippen LogP contribution in [-0.4, -0.2) is 36.3 Å². The standard InChI is InChI=1S/C13H16F2N2O3/c1-7-2-3-8(4-11(7)20-13(14)15)17-12(19)10-5-9(18)6-16-10/h2-4,9-10,13,16,18H,5-6H2,1H3,(H,17,19). The Morgan fingerprint density at radius 3 is 2.90 bits per heavy atom. The minimum absolute atomic E-state index is 0.0252. The summed E-state index contributed by atoms with van der Waals surface area (Å²) in [5.74, 6) is -0.286. The molecule has 1 amide bonds. The van der Waals surface area contributed by atoms with Gasteiger partial charge < -0.3 is 20.5 Å². The van der Waals surface area contributed by atoms with Gasteiger partial charge in [-0.15, -0.1) is 0 Å². The summed E-state index contributed by atoms with van der Waals surface area (Å²) in [6.07, 6.45) is -0.209. The summed E-state index contributed by atoms with van der Waals surface area (Å²) >= 11 is 0. The first-order valence-corrected chi connectivity index (χ1v) is 6.23. The molecule has 1 aromatic carbocycles. The number of amides is 1. The molecule has 0 aromatic heterocycles. The maximum atomic E-state index is 12.2. The van der Waals surface area contributed by atoms with Crippen LogP contribution in [0.25, 0.3) is 0 Å². The van der Waals surface area contributed by atoms with Crippen molar-refractivity contribution in [2.24, 2.45) is 0 Å². The van der Waals surface area contributed by atoms with Crippen LogP contribution in [-0.2, 0) is 4.79 Å². The third-order valence-electron chi connectivity index (χ3n) is 3.10. The zero-order chi connectivity index (χ0) is 14.7. The number of carbonyl (C=O) groups is 1. The molecule has 0 saturated carbocycles. The Morgan fingerprint density at radius 2 is 2.30 bits per heavy atom. The van der Waals surface area contributed by atoms with Crippen molar-refractivity contribution < 1.29 is 23.4 Å². The van der Waals surface area contributed by atoms with E-state index in [2.05, 4.69) is 15.4 Å². The summed E-state index contributed by atoms with van der Waals surface area (Å²) in [4.78, 5) is 11.9. The summed E-state index contributed by atoms with van der Waals surface area (Å²) in [6.45, 7) is -0.907. The molecule has 2 atom stereocenters. The van der Waals surface area contributed by atoms with Gasteiger partial charge in [-0.1, -0.05) is 6.07 Å². The van der Waals surface area contributed by atoms with Crippen LogP contribution in [0.3, 0.4) is 0 Å². The van der Waals surface area contributed by atoms with E-state index in [0.29, 0.717) is 24.2 Å². The van der Waals surface area contributed by atoms with Crippen LogP contribution in [0.5, 0.6) is 5.75 Å². The SMILES string of the molecule is Cc1ccc(NC(=O)C2CC(O)CN2)cc1OC(F)F. The number of ether oxygens (including phenoxy) is 1. The fourth-order valence-corrected chi connectivity index (χ4v) is 2.05. The number of alkyl halides is 2. The molecule has 20 heavy (non-hydrogen) atoms. The Bertz CT molecular complexity index is 497. The van der Waals surface area contributed by atoms with E-state index in [4.69, 9.17) is 0 Å². The normalized spacial score (nSPS) is 22.1. The Hall–Kier alpha value is -1.73. The summed E-state index contributed by atoms with van der Waals surface area (Å²) in [5.41, 5.74) is 0.928. The Kier molecular flexibility index (Phi) is 4.51. The lowest BCUT2D eigenvalue weighted by Gasteiger charge is -2.13. The van der Waals surface area contributed by atoms with E-state index in [1.807, 2.05) is 0 Å². The molecule has 1 aromatic rings. The monoisotopic (exact) mass is 286 g/mol. The van der Waals surface area contributed by atoms with Crippen LogP contribution < -0.4 is 15.4 Å². The highest BCUT2D eigenvalue weighted by Crippen LogP contribution is 2.24. The van der Waals surface area contributed by atoms with Crippen molar-refractivity contribution in [1.82, 2.24) is 5.32 Å². The minimum Gasteiger partial charge on any atom is -0.434 e. The second-order valence-electron chi connectivity index (χ2n) is 4.70. The van der Waals surface area contributed by atoms with Gasteiger partial charge in [0.2, 0.25) is 5.91 Å². The van der Waals surface area contributed by atoms with Crippen molar-refractivity contribution in [3.05, 3.63) is 23.8 Å². The Balaban J connectivity index is 2.04. The highest BCUT2D eigenvalue weighted by Gasteiger charge is 2.28. The summed E-state index contributed by atoms with van der Waals surface area (Å²) in [7, 11) is 0. The molecule has 3 N–H and O–H groups in total. The maximum absolute atomic E-state index is 12.2. The fourth-order valence-electron chi connectivity index (χ4n) is 2.05. The summed E-state index contributed by atoms with van der Waals surface area (Å²) in [5, 5.41) is 14.8. The number of carbonyl (C=O) groups excluding carboxylic acids is 1. The van der Waals surface area contributed by atoms with Crippen molar-refractivity contribution in [3.63, 3.8) is 0 Å². The molecule has 5 nitrogen and oxygen atoms in total. The molecule has 1 heterocycles. The zero-order valence-electron chi connectivity index (χ0n) is 10.9. The molecule has 2 unspecified atom stereocenters. The van der Waals surface area contributed by atoms with Crippen molar-refractivity contribution in [3.8, 4) is 5.75 Å². The summed E-state index contributed by atoms with van der Waals surface area (Å²) < 4.78 is 28.8. The average molecular weight is 286 g/mol. The van der Waals surface area contributed by atoms with Crippen LogP contribution in [0, 0.1) is 6.92 Å². The van der Waals surface area contributed by atoms with Gasteiger partial charge in [-0.2, -0.15) is 8.78 Å². The number of anilines is 1. The second-order valence-corrected chi connectivity index (χ2v) is 4.70. The van der Waals surface area contributed by atoms with E-state index in [9.17, 15) is 18.7 Å². The van der Waals surface area contributed by atoms with E-state index < -0.39 is 18.8 Å². The predicted molar refractivity (Wildman–Crippen MR) is 68.9 cm³/mol. The Labute approximate surface area is 114 Å². The van der Waals surface area contributed by atoms with Gasteiger partial charge in [0.25, 0.3) is 0 Å². The van der Waals surface area contributed by atoms with Gasteiger partial charge in [0.15, 0.2) is 0 Å². The van der Waals surface area contributed by atoms with Crippen molar-refractivity contribution in [2.75, 3.05) is 11.9 Å². The fraction of sp³-hybridized carbons (Fsp3) is 0.462. The number of hydrogen-bond acceptors (Lipinski definition) is 4. The number of aliphatic hydroxyl groups is 1. The molecule has 0 spiro atoms. The number of hydrogen-bond donors (Lipinski definition) is 3. The minimum atomic E-state index is -2.91. The molecular weight excluding hydrogens is 270 g/mol. The highest BCUT2D eigenvalue weighted by atomic mass is 19.3. The molecular formula is C13H16F2N2O3. The number of nitrogens with one attached hydrogen (secondary N) is 2. The average Bonchev–Trinajstić information content (AvgIpc) is 2.79.